The third kappa shape index (κ3) is 3.07. The lowest BCUT2D eigenvalue weighted by molar-refractivity contribution is -0.202. The molecule has 5 aliphatic rings. The third-order valence-electron chi connectivity index (χ3n) is 13.2. The Labute approximate surface area is 212 Å². The van der Waals surface area contributed by atoms with Crippen LogP contribution in [0.4, 0.5) is 0 Å². The molecule has 35 heavy (non-hydrogen) atoms. The van der Waals surface area contributed by atoms with E-state index in [0.717, 1.165) is 57.8 Å². The molecule has 9 atom stereocenters. The summed E-state index contributed by atoms with van der Waals surface area (Å²) in [6.07, 6.45) is 10.5. The number of hydrogen-bond donors (Lipinski definition) is 1. The number of aliphatic hydroxyl groups is 1. The molecule has 0 spiro atoms. The minimum Gasteiger partial charge on any atom is -0.469 e. The first kappa shape index (κ1) is 25.5. The molecule has 0 radical (unpaired) electrons. The number of rotatable bonds is 1. The molecular formula is C31H48O4. The predicted molar refractivity (Wildman–Crippen MR) is 137 cm³/mol. The number of ether oxygens (including phenoxy) is 1. The Morgan fingerprint density at radius 1 is 0.943 bits per heavy atom. The Hall–Kier alpha value is -1.16. The molecule has 5 aliphatic carbocycles. The molecule has 4 saturated carbocycles. The molecular weight excluding hydrogens is 436 g/mol. The Morgan fingerprint density at radius 2 is 1.60 bits per heavy atom. The van der Waals surface area contributed by atoms with Gasteiger partial charge in [-0.15, -0.1) is 0 Å². The molecule has 0 heterocycles. The molecule has 0 unspecified atom stereocenters. The van der Waals surface area contributed by atoms with Crippen LogP contribution in [0, 0.1) is 50.2 Å². The zero-order chi connectivity index (χ0) is 25.8. The summed E-state index contributed by atoms with van der Waals surface area (Å²) in [6, 6.07) is 0. The second-order valence-corrected chi connectivity index (χ2v) is 15.1. The molecule has 0 bridgehead atoms. The van der Waals surface area contributed by atoms with Crippen LogP contribution < -0.4 is 0 Å². The molecule has 5 rings (SSSR count). The fourth-order valence-corrected chi connectivity index (χ4v) is 10.6. The molecule has 0 amide bonds. The van der Waals surface area contributed by atoms with Gasteiger partial charge in [-0.2, -0.15) is 0 Å². The van der Waals surface area contributed by atoms with Gasteiger partial charge in [0.2, 0.25) is 0 Å². The Bertz CT molecular complexity index is 980. The minimum atomic E-state index is -0.480. The molecule has 196 valence electrons. The van der Waals surface area contributed by atoms with Gasteiger partial charge in [-0.05, 0) is 110 Å². The predicted octanol–water partition coefficient (Wildman–Crippen LogP) is 6.50. The number of aliphatic hydroxyl groups excluding tert-OH is 1. The van der Waals surface area contributed by atoms with Crippen LogP contribution in [0.3, 0.4) is 0 Å². The summed E-state index contributed by atoms with van der Waals surface area (Å²) >= 11 is 0. The van der Waals surface area contributed by atoms with Gasteiger partial charge in [0.05, 0.1) is 18.6 Å². The van der Waals surface area contributed by atoms with Crippen molar-refractivity contribution in [1.82, 2.24) is 0 Å². The highest BCUT2D eigenvalue weighted by Crippen LogP contribution is 2.75. The van der Waals surface area contributed by atoms with Gasteiger partial charge in [-0.25, -0.2) is 0 Å². The third-order valence-corrected chi connectivity index (χ3v) is 13.2. The fourth-order valence-electron chi connectivity index (χ4n) is 10.6. The number of carbonyl (C=O) groups excluding carboxylic acids is 2. The van der Waals surface area contributed by atoms with Gasteiger partial charge in [0.1, 0.15) is 0 Å². The van der Waals surface area contributed by atoms with Gasteiger partial charge in [-0.1, -0.05) is 47.1 Å². The lowest BCUT2D eigenvalue weighted by Gasteiger charge is -2.70. The molecule has 1 N–H and O–H groups in total. The molecule has 0 aromatic rings. The van der Waals surface area contributed by atoms with E-state index in [1.165, 1.54) is 12.7 Å². The monoisotopic (exact) mass is 484 g/mol. The quantitative estimate of drug-likeness (QED) is 0.431. The van der Waals surface area contributed by atoms with E-state index < -0.39 is 5.41 Å². The van der Waals surface area contributed by atoms with E-state index in [2.05, 4.69) is 54.5 Å². The first-order chi connectivity index (χ1) is 16.1. The summed E-state index contributed by atoms with van der Waals surface area (Å²) in [5, 5.41) is 10.9. The summed E-state index contributed by atoms with van der Waals surface area (Å²) in [5.41, 5.74) is 0.590. The number of fused-ring (bicyclic) bond motifs is 7. The molecule has 0 aromatic heterocycles. The number of ketones is 1. The maximum absolute atomic E-state index is 14.3. The van der Waals surface area contributed by atoms with E-state index in [1.807, 2.05) is 0 Å². The highest BCUT2D eigenvalue weighted by molar-refractivity contribution is 5.95. The van der Waals surface area contributed by atoms with Gasteiger partial charge in [0.15, 0.2) is 5.78 Å². The lowest BCUT2D eigenvalue weighted by atomic mass is 9.33. The largest absolute Gasteiger partial charge is 0.469 e. The number of carbonyl (C=O) groups is 2. The van der Waals surface area contributed by atoms with Crippen molar-refractivity contribution in [3.05, 3.63) is 11.6 Å². The van der Waals surface area contributed by atoms with Crippen molar-refractivity contribution < 1.29 is 19.4 Å². The number of esters is 1. The summed E-state index contributed by atoms with van der Waals surface area (Å²) in [6.45, 7) is 16.2. The second-order valence-electron chi connectivity index (χ2n) is 15.1. The molecule has 4 nitrogen and oxygen atoms in total. The van der Waals surface area contributed by atoms with Crippen molar-refractivity contribution in [3.8, 4) is 0 Å². The van der Waals surface area contributed by atoms with E-state index in [4.69, 9.17) is 4.74 Å². The van der Waals surface area contributed by atoms with Crippen molar-refractivity contribution in [2.75, 3.05) is 7.11 Å². The van der Waals surface area contributed by atoms with Gasteiger partial charge in [0.25, 0.3) is 0 Å². The highest BCUT2D eigenvalue weighted by Gasteiger charge is 2.70. The van der Waals surface area contributed by atoms with Crippen molar-refractivity contribution in [2.45, 2.75) is 112 Å². The van der Waals surface area contributed by atoms with Crippen LogP contribution in [-0.2, 0) is 14.3 Å². The topological polar surface area (TPSA) is 63.6 Å². The van der Waals surface area contributed by atoms with Crippen LogP contribution >= 0.6 is 0 Å². The summed E-state index contributed by atoms with van der Waals surface area (Å²) in [4.78, 5) is 27.1. The van der Waals surface area contributed by atoms with Crippen molar-refractivity contribution in [1.29, 1.82) is 0 Å². The Balaban J connectivity index is 1.61. The van der Waals surface area contributed by atoms with Crippen LogP contribution in [0.2, 0.25) is 0 Å². The van der Waals surface area contributed by atoms with E-state index in [0.29, 0.717) is 11.7 Å². The van der Waals surface area contributed by atoms with Crippen molar-refractivity contribution in [3.63, 3.8) is 0 Å². The number of methoxy groups -OCH3 is 1. The Kier molecular flexibility index (Phi) is 5.43. The minimum absolute atomic E-state index is 0.00536. The van der Waals surface area contributed by atoms with Crippen LogP contribution in [0.15, 0.2) is 11.6 Å². The fraction of sp³-hybridized carbons (Fsp3) is 0.871. The number of hydrogen-bond acceptors (Lipinski definition) is 4. The normalized spacial score (nSPS) is 52.8. The maximum Gasteiger partial charge on any atom is 0.311 e. The van der Waals surface area contributed by atoms with Crippen molar-refractivity contribution >= 4 is 11.8 Å². The van der Waals surface area contributed by atoms with Gasteiger partial charge >= 0.3 is 5.97 Å². The van der Waals surface area contributed by atoms with Crippen LogP contribution in [0.25, 0.3) is 0 Å². The standard InChI is InChI=1S/C31H48O4/c1-26(2)22-9-12-31(7)24(29(22,5)11-10-23(26)33)21(32)17-19-20-18-28(4,25(34)35-8)14-13-27(20,3)15-16-30(19,31)6/h17,20,22-24,33H,9-16,18H2,1-8H3/t20-,22-,23+,24-,27-,28+,29+,30-,31-/m1/s1. The molecule has 4 heteroatoms. The average molecular weight is 485 g/mol. The van der Waals surface area contributed by atoms with Gasteiger partial charge in [0, 0.05) is 5.92 Å². The maximum atomic E-state index is 14.3. The van der Waals surface area contributed by atoms with E-state index in [1.54, 1.807) is 0 Å². The SMILES string of the molecule is COC(=O)[C@@]1(C)CC[C@]2(C)CC[C@]3(C)C(=CC(=O)[C@@H]4[C@@]5(C)CC[C@H](O)C(C)(C)[C@H]5CC[C@]43C)[C@H]2C1. The van der Waals surface area contributed by atoms with Crippen LogP contribution in [-0.4, -0.2) is 30.1 Å². The summed E-state index contributed by atoms with van der Waals surface area (Å²) in [5.74, 6) is 0.805. The van der Waals surface area contributed by atoms with Gasteiger partial charge < -0.3 is 9.84 Å². The number of allylic oxidation sites excluding steroid dienone is 2. The van der Waals surface area contributed by atoms with Crippen LogP contribution in [0.5, 0.6) is 0 Å². The van der Waals surface area contributed by atoms with E-state index >= 15 is 0 Å². The first-order valence-electron chi connectivity index (χ1n) is 14.1. The first-order valence-corrected chi connectivity index (χ1v) is 14.1. The summed E-state index contributed by atoms with van der Waals surface area (Å²) in [7, 11) is 1.50. The highest BCUT2D eigenvalue weighted by atomic mass is 16.5. The van der Waals surface area contributed by atoms with Gasteiger partial charge in [-0.3, -0.25) is 9.59 Å². The molecule has 4 fully saturated rings. The zero-order valence-corrected chi connectivity index (χ0v) is 23.4. The lowest BCUT2D eigenvalue weighted by Crippen LogP contribution is -2.66. The smallest absolute Gasteiger partial charge is 0.311 e. The van der Waals surface area contributed by atoms with Crippen LogP contribution in [0.1, 0.15) is 106 Å². The van der Waals surface area contributed by atoms with Crippen molar-refractivity contribution in [2.24, 2.45) is 50.2 Å². The van der Waals surface area contributed by atoms with E-state index in [-0.39, 0.29) is 51.0 Å². The zero-order valence-electron chi connectivity index (χ0n) is 23.4. The molecule has 0 aromatic carbocycles. The molecule has 0 aliphatic heterocycles. The Morgan fingerprint density at radius 3 is 2.26 bits per heavy atom. The second kappa shape index (κ2) is 7.45. The molecule has 0 saturated heterocycles. The van der Waals surface area contributed by atoms with E-state index in [9.17, 15) is 14.7 Å². The average Bonchev–Trinajstić information content (AvgIpc) is 2.78. The summed E-state index contributed by atoms with van der Waals surface area (Å²) < 4.78 is 5.25.